The molecule has 5 heterocycles. The highest BCUT2D eigenvalue weighted by Crippen LogP contribution is 2.32. The van der Waals surface area contributed by atoms with Crippen LogP contribution >= 0.6 is 0 Å². The molecule has 0 saturated carbocycles. The Balaban J connectivity index is 1.64. The number of hydrogen-bond acceptors (Lipinski definition) is 8. The van der Waals surface area contributed by atoms with Gasteiger partial charge >= 0.3 is 5.97 Å². The minimum Gasteiger partial charge on any atom is -0.462 e. The van der Waals surface area contributed by atoms with Crippen molar-refractivity contribution >= 4 is 28.6 Å². The molecule has 4 aromatic rings. The molecule has 0 unspecified atom stereocenters. The van der Waals surface area contributed by atoms with Crippen LogP contribution < -0.4 is 20.5 Å². The molecule has 1 aromatic carbocycles. The number of benzene rings is 1. The van der Waals surface area contributed by atoms with Gasteiger partial charge in [-0.15, -0.1) is 0 Å². The molecule has 1 atom stereocenters. The molecule has 38 heavy (non-hydrogen) atoms. The Morgan fingerprint density at radius 1 is 1.16 bits per heavy atom. The lowest BCUT2D eigenvalue weighted by Gasteiger charge is -2.18. The number of pyridine rings is 2. The van der Waals surface area contributed by atoms with Crippen molar-refractivity contribution in [3.8, 4) is 11.5 Å². The summed E-state index contributed by atoms with van der Waals surface area (Å²) in [4.78, 5) is 49.1. The van der Waals surface area contributed by atoms with Crippen LogP contribution in [-0.4, -0.2) is 51.9 Å². The summed E-state index contributed by atoms with van der Waals surface area (Å²) in [7, 11) is 0. The number of fused-ring (bicyclic) bond motifs is 3. The molecule has 2 aliphatic rings. The molecule has 11 heteroatoms. The highest BCUT2D eigenvalue weighted by molar-refractivity contribution is 5.97. The highest BCUT2D eigenvalue weighted by atomic mass is 16.7. The van der Waals surface area contributed by atoms with Crippen molar-refractivity contribution < 1.29 is 28.5 Å². The summed E-state index contributed by atoms with van der Waals surface area (Å²) in [6.45, 7) is 2.69. The molecule has 0 radical (unpaired) electrons. The molecule has 0 spiro atoms. The Morgan fingerprint density at radius 3 is 2.84 bits per heavy atom. The van der Waals surface area contributed by atoms with E-state index in [1.165, 1.54) is 10.5 Å². The first-order valence-electron chi connectivity index (χ1n) is 12.4. The number of rotatable bonds is 5. The Morgan fingerprint density at radius 2 is 2.03 bits per heavy atom. The maximum absolute atomic E-state index is 13.5. The fraction of sp³-hybridized carbons (Fsp3) is 0.296. The van der Waals surface area contributed by atoms with E-state index in [1.807, 2.05) is 0 Å². The molecule has 0 aliphatic carbocycles. The van der Waals surface area contributed by atoms with E-state index in [4.69, 9.17) is 23.9 Å². The van der Waals surface area contributed by atoms with E-state index in [2.05, 4.69) is 4.99 Å². The molecule has 11 nitrogen and oxygen atoms in total. The lowest BCUT2D eigenvalue weighted by Crippen LogP contribution is -2.35. The zero-order chi connectivity index (χ0) is 26.2. The van der Waals surface area contributed by atoms with E-state index < -0.39 is 11.9 Å². The number of esters is 1. The molecule has 3 aromatic heterocycles. The third-order valence-corrected chi connectivity index (χ3v) is 6.52. The average molecular weight is 517 g/mol. The van der Waals surface area contributed by atoms with Gasteiger partial charge in [0.2, 0.25) is 6.79 Å². The largest absolute Gasteiger partial charge is 0.462 e. The number of carbonyl (C=O) groups is 2. The Bertz CT molecular complexity index is 1720. The third kappa shape index (κ3) is 4.20. The zero-order valence-corrected chi connectivity index (χ0v) is 20.6. The summed E-state index contributed by atoms with van der Waals surface area (Å²) in [6.07, 6.45) is 3.06. The smallest absolute Gasteiger partial charge is 0.341 e. The van der Waals surface area contributed by atoms with Crippen LogP contribution in [0.25, 0.3) is 16.7 Å². The van der Waals surface area contributed by atoms with Crippen molar-refractivity contribution in [2.75, 3.05) is 20.0 Å². The van der Waals surface area contributed by atoms with Crippen molar-refractivity contribution in [3.05, 3.63) is 75.6 Å². The van der Waals surface area contributed by atoms with Crippen LogP contribution in [0.15, 0.2) is 58.4 Å². The number of carbonyl (C=O) groups excluding carboxylic acids is 2. The molecule has 1 saturated heterocycles. The van der Waals surface area contributed by atoms with Crippen LogP contribution in [0.5, 0.6) is 11.5 Å². The predicted octanol–water partition coefficient (Wildman–Crippen LogP) is 2.47. The van der Waals surface area contributed by atoms with Gasteiger partial charge in [0.05, 0.1) is 24.6 Å². The Labute approximate surface area is 215 Å². The van der Waals surface area contributed by atoms with Crippen LogP contribution in [0.1, 0.15) is 40.5 Å². The molecule has 0 N–H and O–H groups in total. The summed E-state index contributed by atoms with van der Waals surface area (Å²) in [6, 6.07) is 11.4. The van der Waals surface area contributed by atoms with Gasteiger partial charge in [-0.1, -0.05) is 6.07 Å². The van der Waals surface area contributed by atoms with Gasteiger partial charge < -0.3 is 23.5 Å². The fourth-order valence-corrected chi connectivity index (χ4v) is 4.71. The first-order valence-corrected chi connectivity index (χ1v) is 12.4. The maximum atomic E-state index is 13.5. The van der Waals surface area contributed by atoms with Gasteiger partial charge in [0.15, 0.2) is 17.0 Å². The molecular formula is C27H24N4O7. The molecule has 0 bridgehead atoms. The summed E-state index contributed by atoms with van der Waals surface area (Å²) in [5.74, 6) is -0.342. The number of hydrogen-bond donors (Lipinski definition) is 0. The first kappa shape index (κ1) is 23.9. The van der Waals surface area contributed by atoms with Crippen LogP contribution in [0.4, 0.5) is 0 Å². The normalized spacial score (nSPS) is 16.9. The van der Waals surface area contributed by atoms with Gasteiger partial charge in [0, 0.05) is 18.4 Å². The standard InChI is InChI=1S/C27H24N4O7/c1-2-35-27(34)19-13-18-23(28-22-7-3-4-10-30(22)26(18)33)31(14-17-6-5-11-36-17)24(19)29-25(32)16-8-9-20-21(12-16)38-15-37-20/h3-4,7-10,12-13,17H,2,5-6,11,14-15H2,1H3/t17-/m0/s1. The maximum Gasteiger partial charge on any atom is 0.341 e. The van der Waals surface area contributed by atoms with Gasteiger partial charge in [-0.05, 0) is 56.2 Å². The van der Waals surface area contributed by atoms with Crippen LogP contribution in [0, 0.1) is 0 Å². The van der Waals surface area contributed by atoms with Gasteiger partial charge in [-0.25, -0.2) is 9.78 Å². The van der Waals surface area contributed by atoms with Crippen molar-refractivity contribution in [2.45, 2.75) is 32.4 Å². The lowest BCUT2D eigenvalue weighted by molar-refractivity contribution is 0.0521. The van der Waals surface area contributed by atoms with Gasteiger partial charge in [-0.3, -0.25) is 14.0 Å². The number of nitrogens with zero attached hydrogens (tertiary/aromatic N) is 4. The molecule has 194 valence electrons. The van der Waals surface area contributed by atoms with E-state index in [-0.39, 0.29) is 53.6 Å². The van der Waals surface area contributed by atoms with Crippen molar-refractivity contribution in [1.29, 1.82) is 0 Å². The molecular weight excluding hydrogens is 492 g/mol. The minimum atomic E-state index is -0.703. The first-order chi connectivity index (χ1) is 18.5. The topological polar surface area (TPSA) is 123 Å². The van der Waals surface area contributed by atoms with Gasteiger partial charge in [0.25, 0.3) is 11.5 Å². The zero-order valence-electron chi connectivity index (χ0n) is 20.6. The van der Waals surface area contributed by atoms with Crippen LogP contribution in [-0.2, 0) is 16.0 Å². The number of aromatic nitrogens is 3. The van der Waals surface area contributed by atoms with Crippen LogP contribution in [0.2, 0.25) is 0 Å². The van der Waals surface area contributed by atoms with E-state index >= 15 is 0 Å². The van der Waals surface area contributed by atoms with Crippen molar-refractivity contribution in [1.82, 2.24) is 14.0 Å². The molecule has 1 fully saturated rings. The number of amides is 1. The molecule has 6 rings (SSSR count). The van der Waals surface area contributed by atoms with Crippen LogP contribution in [0.3, 0.4) is 0 Å². The summed E-state index contributed by atoms with van der Waals surface area (Å²) in [5, 5.41) is 0.198. The second-order valence-electron chi connectivity index (χ2n) is 8.92. The quantitative estimate of drug-likeness (QED) is 0.293. The van der Waals surface area contributed by atoms with Gasteiger partial charge in [0.1, 0.15) is 16.9 Å². The van der Waals surface area contributed by atoms with Crippen molar-refractivity contribution in [2.24, 2.45) is 4.99 Å². The van der Waals surface area contributed by atoms with E-state index in [0.29, 0.717) is 29.4 Å². The molecule has 1 amide bonds. The van der Waals surface area contributed by atoms with E-state index in [9.17, 15) is 14.4 Å². The van der Waals surface area contributed by atoms with Gasteiger partial charge in [-0.2, -0.15) is 4.99 Å². The van der Waals surface area contributed by atoms with E-state index in [0.717, 1.165) is 12.8 Å². The predicted molar refractivity (Wildman–Crippen MR) is 134 cm³/mol. The summed E-state index contributed by atoms with van der Waals surface area (Å²) < 4.78 is 24.9. The average Bonchev–Trinajstić information content (AvgIpc) is 3.62. The fourth-order valence-electron chi connectivity index (χ4n) is 4.71. The second kappa shape index (κ2) is 9.75. The Kier molecular flexibility index (Phi) is 6.12. The Hall–Kier alpha value is -4.51. The number of ether oxygens (including phenoxy) is 4. The highest BCUT2D eigenvalue weighted by Gasteiger charge is 2.24. The lowest BCUT2D eigenvalue weighted by atomic mass is 10.1. The minimum absolute atomic E-state index is 0.0128. The third-order valence-electron chi connectivity index (χ3n) is 6.52. The monoisotopic (exact) mass is 516 g/mol. The van der Waals surface area contributed by atoms with E-state index in [1.54, 1.807) is 54.1 Å². The molecule has 2 aliphatic heterocycles. The van der Waals surface area contributed by atoms with Crippen molar-refractivity contribution in [3.63, 3.8) is 0 Å². The summed E-state index contributed by atoms with van der Waals surface area (Å²) in [5.41, 5.74) is 0.637. The summed E-state index contributed by atoms with van der Waals surface area (Å²) >= 11 is 0. The second-order valence-corrected chi connectivity index (χ2v) is 8.92. The SMILES string of the molecule is CCOC(=O)c1cc2c(=O)n3ccccc3nc2n(C[C@@H]2CCCO2)c1=NC(=O)c1ccc2c(c1)OCO2.